The molecule has 0 N–H and O–H groups in total. The fraction of sp³-hybridized carbons (Fsp3) is 0.0667. The van der Waals surface area contributed by atoms with E-state index in [0.717, 1.165) is 28.0 Å². The van der Waals surface area contributed by atoms with Crippen LogP contribution >= 0.6 is 11.6 Å². The molecule has 0 aliphatic rings. The van der Waals surface area contributed by atoms with Crippen LogP contribution < -0.4 is 4.74 Å². The Bertz CT molecular complexity index is 683. The number of fused-ring (bicyclic) bond motifs is 1. The molecule has 1 aromatic heterocycles. The molecule has 0 spiro atoms. The Morgan fingerprint density at radius 3 is 2.50 bits per heavy atom. The van der Waals surface area contributed by atoms with Crippen LogP contribution in [0.5, 0.6) is 5.75 Å². The molecule has 0 bridgehead atoms. The van der Waals surface area contributed by atoms with Crippen molar-refractivity contribution in [3.8, 4) is 17.1 Å². The summed E-state index contributed by atoms with van der Waals surface area (Å²) >= 11 is 5.94. The van der Waals surface area contributed by atoms with Crippen molar-refractivity contribution >= 4 is 22.6 Å². The first-order valence-electron chi connectivity index (χ1n) is 5.60. The first-order valence-corrected chi connectivity index (χ1v) is 5.97. The van der Waals surface area contributed by atoms with Crippen molar-refractivity contribution < 1.29 is 9.15 Å². The Morgan fingerprint density at radius 1 is 1.00 bits per heavy atom. The highest BCUT2D eigenvalue weighted by Gasteiger charge is 2.06. The number of methoxy groups -OCH3 is 1. The zero-order valence-electron chi connectivity index (χ0n) is 9.81. The van der Waals surface area contributed by atoms with Crippen LogP contribution in [0.2, 0.25) is 5.02 Å². The second-order valence-corrected chi connectivity index (χ2v) is 4.46. The topological polar surface area (TPSA) is 22.4 Å². The zero-order chi connectivity index (χ0) is 12.5. The number of hydrogen-bond acceptors (Lipinski definition) is 2. The number of hydrogen-bond donors (Lipinski definition) is 0. The van der Waals surface area contributed by atoms with E-state index >= 15 is 0 Å². The van der Waals surface area contributed by atoms with Gasteiger partial charge >= 0.3 is 0 Å². The van der Waals surface area contributed by atoms with Gasteiger partial charge in [-0.1, -0.05) is 11.6 Å². The molecule has 0 saturated carbocycles. The van der Waals surface area contributed by atoms with Crippen molar-refractivity contribution in [3.05, 3.63) is 53.6 Å². The van der Waals surface area contributed by atoms with Gasteiger partial charge in [-0.3, -0.25) is 0 Å². The van der Waals surface area contributed by atoms with Gasteiger partial charge in [-0.05, 0) is 42.5 Å². The predicted octanol–water partition coefficient (Wildman–Crippen LogP) is 4.76. The van der Waals surface area contributed by atoms with Gasteiger partial charge in [0.2, 0.25) is 0 Å². The molecular weight excluding hydrogens is 248 g/mol. The number of halogens is 1. The lowest BCUT2D eigenvalue weighted by Crippen LogP contribution is -1.81. The van der Waals surface area contributed by atoms with Crippen LogP contribution in [0.1, 0.15) is 0 Å². The highest BCUT2D eigenvalue weighted by molar-refractivity contribution is 6.31. The molecule has 1 heterocycles. The Hall–Kier alpha value is -1.93. The molecule has 18 heavy (non-hydrogen) atoms. The minimum atomic E-state index is 0.679. The normalized spacial score (nSPS) is 10.8. The van der Waals surface area contributed by atoms with Crippen LogP contribution in [0.25, 0.3) is 22.3 Å². The van der Waals surface area contributed by atoms with Gasteiger partial charge in [-0.2, -0.15) is 0 Å². The first kappa shape index (κ1) is 11.2. The third kappa shape index (κ3) is 1.95. The zero-order valence-corrected chi connectivity index (χ0v) is 10.6. The molecule has 2 nitrogen and oxygen atoms in total. The molecule has 0 fully saturated rings. The molecule has 0 atom stereocenters. The Morgan fingerprint density at radius 2 is 1.78 bits per heavy atom. The van der Waals surface area contributed by atoms with Crippen molar-refractivity contribution in [1.82, 2.24) is 0 Å². The van der Waals surface area contributed by atoms with E-state index in [0.29, 0.717) is 5.02 Å². The quantitative estimate of drug-likeness (QED) is 0.661. The van der Waals surface area contributed by atoms with Crippen LogP contribution in [0.3, 0.4) is 0 Å². The monoisotopic (exact) mass is 258 g/mol. The Balaban J connectivity index is 2.07. The third-order valence-electron chi connectivity index (χ3n) is 2.86. The molecule has 0 saturated heterocycles. The van der Waals surface area contributed by atoms with Gasteiger partial charge in [0.1, 0.15) is 17.1 Å². The van der Waals surface area contributed by atoms with Gasteiger partial charge in [-0.15, -0.1) is 0 Å². The third-order valence-corrected chi connectivity index (χ3v) is 3.09. The molecular formula is C15H11ClO2. The van der Waals surface area contributed by atoms with E-state index in [9.17, 15) is 0 Å². The lowest BCUT2D eigenvalue weighted by molar-refractivity contribution is 0.415. The SMILES string of the molecule is COc1ccc(-c2cc3ccc(Cl)cc3o2)cc1. The Labute approximate surface area is 110 Å². The van der Waals surface area contributed by atoms with Crippen LogP contribution in [-0.2, 0) is 0 Å². The number of benzene rings is 2. The van der Waals surface area contributed by atoms with Crippen LogP contribution in [0.15, 0.2) is 52.9 Å². The molecule has 0 radical (unpaired) electrons. The fourth-order valence-electron chi connectivity index (χ4n) is 1.90. The summed E-state index contributed by atoms with van der Waals surface area (Å²) in [5.74, 6) is 1.66. The fourth-order valence-corrected chi connectivity index (χ4v) is 2.06. The van der Waals surface area contributed by atoms with Gasteiger partial charge in [0.05, 0.1) is 7.11 Å². The molecule has 0 aliphatic carbocycles. The van der Waals surface area contributed by atoms with Crippen molar-refractivity contribution in [1.29, 1.82) is 0 Å². The van der Waals surface area contributed by atoms with Gasteiger partial charge in [0.15, 0.2) is 0 Å². The summed E-state index contributed by atoms with van der Waals surface area (Å²) in [5.41, 5.74) is 1.82. The lowest BCUT2D eigenvalue weighted by Gasteiger charge is -2.00. The van der Waals surface area contributed by atoms with E-state index in [1.807, 2.05) is 48.5 Å². The summed E-state index contributed by atoms with van der Waals surface area (Å²) in [5, 5.41) is 1.73. The van der Waals surface area contributed by atoms with E-state index in [1.54, 1.807) is 7.11 Å². The smallest absolute Gasteiger partial charge is 0.136 e. The largest absolute Gasteiger partial charge is 0.497 e. The molecule has 90 valence electrons. The minimum absolute atomic E-state index is 0.679. The van der Waals surface area contributed by atoms with E-state index < -0.39 is 0 Å². The van der Waals surface area contributed by atoms with Crippen molar-refractivity contribution in [2.24, 2.45) is 0 Å². The summed E-state index contributed by atoms with van der Waals surface area (Å²) in [7, 11) is 1.65. The van der Waals surface area contributed by atoms with Crippen LogP contribution in [0, 0.1) is 0 Å². The van der Waals surface area contributed by atoms with Crippen LogP contribution in [-0.4, -0.2) is 7.11 Å². The summed E-state index contributed by atoms with van der Waals surface area (Å²) in [6, 6.07) is 15.4. The van der Waals surface area contributed by atoms with Crippen molar-refractivity contribution in [3.63, 3.8) is 0 Å². The van der Waals surface area contributed by atoms with Gasteiger partial charge < -0.3 is 9.15 Å². The molecule has 3 rings (SSSR count). The molecule has 3 heteroatoms. The highest BCUT2D eigenvalue weighted by atomic mass is 35.5. The van der Waals surface area contributed by atoms with E-state index in [-0.39, 0.29) is 0 Å². The van der Waals surface area contributed by atoms with Gasteiger partial charge in [-0.25, -0.2) is 0 Å². The summed E-state index contributed by atoms with van der Waals surface area (Å²) < 4.78 is 10.9. The summed E-state index contributed by atoms with van der Waals surface area (Å²) in [4.78, 5) is 0. The molecule has 0 amide bonds. The summed E-state index contributed by atoms with van der Waals surface area (Å²) in [6.07, 6.45) is 0. The highest BCUT2D eigenvalue weighted by Crippen LogP contribution is 2.30. The van der Waals surface area contributed by atoms with Crippen molar-refractivity contribution in [2.45, 2.75) is 0 Å². The van der Waals surface area contributed by atoms with E-state index in [1.165, 1.54) is 0 Å². The second-order valence-electron chi connectivity index (χ2n) is 4.02. The van der Waals surface area contributed by atoms with Crippen molar-refractivity contribution in [2.75, 3.05) is 7.11 Å². The average Bonchev–Trinajstić information content (AvgIpc) is 2.81. The second kappa shape index (κ2) is 4.39. The first-order chi connectivity index (χ1) is 8.76. The maximum atomic E-state index is 5.94. The Kier molecular flexibility index (Phi) is 2.73. The van der Waals surface area contributed by atoms with Gasteiger partial charge in [0, 0.05) is 22.0 Å². The average molecular weight is 259 g/mol. The van der Waals surface area contributed by atoms with E-state index in [2.05, 4.69) is 0 Å². The molecule has 0 unspecified atom stereocenters. The number of furan rings is 1. The molecule has 3 aromatic rings. The minimum Gasteiger partial charge on any atom is -0.497 e. The van der Waals surface area contributed by atoms with Crippen LogP contribution in [0.4, 0.5) is 0 Å². The maximum absolute atomic E-state index is 5.94. The molecule has 0 aliphatic heterocycles. The van der Waals surface area contributed by atoms with Gasteiger partial charge in [0.25, 0.3) is 0 Å². The maximum Gasteiger partial charge on any atom is 0.136 e. The predicted molar refractivity (Wildman–Crippen MR) is 73.2 cm³/mol. The number of ether oxygens (including phenoxy) is 1. The summed E-state index contributed by atoms with van der Waals surface area (Å²) in [6.45, 7) is 0. The number of rotatable bonds is 2. The lowest BCUT2D eigenvalue weighted by atomic mass is 10.1. The molecule has 2 aromatic carbocycles. The standard InChI is InChI=1S/C15H11ClO2/c1-17-13-6-3-10(4-7-13)14-8-11-2-5-12(16)9-15(11)18-14/h2-9H,1H3. The van der Waals surface area contributed by atoms with E-state index in [4.69, 9.17) is 20.8 Å².